The predicted molar refractivity (Wildman–Crippen MR) is 74.4 cm³/mol. The van der Waals surface area contributed by atoms with Crippen molar-refractivity contribution in [2.75, 3.05) is 25.9 Å². The van der Waals surface area contributed by atoms with E-state index in [0.29, 0.717) is 6.54 Å². The maximum atomic E-state index is 11.6. The van der Waals surface area contributed by atoms with Crippen LogP contribution in [0.25, 0.3) is 0 Å². The van der Waals surface area contributed by atoms with Gasteiger partial charge in [-0.25, -0.2) is 0 Å². The number of rotatable bonds is 3. The Labute approximate surface area is 108 Å². The lowest BCUT2D eigenvalue weighted by atomic mass is 9.92. The lowest BCUT2D eigenvalue weighted by Crippen LogP contribution is -2.44. The summed E-state index contributed by atoms with van der Waals surface area (Å²) in [5, 5.41) is 6.91. The summed E-state index contributed by atoms with van der Waals surface area (Å²) in [5.74, 6) is 1.12. The Morgan fingerprint density at radius 3 is 2.65 bits per heavy atom. The Bertz CT molecular complexity index is 324. The van der Waals surface area contributed by atoms with Crippen LogP contribution in [0.2, 0.25) is 0 Å². The van der Waals surface area contributed by atoms with Crippen LogP contribution in [0.4, 0.5) is 0 Å². The fraction of sp³-hybridized carbons (Fsp3) is 0.833. The molecule has 1 rings (SSSR count). The maximum absolute atomic E-state index is 11.6. The van der Waals surface area contributed by atoms with E-state index in [2.05, 4.69) is 29.5 Å². The Morgan fingerprint density at radius 2 is 2.18 bits per heavy atom. The van der Waals surface area contributed by atoms with Crippen molar-refractivity contribution in [1.29, 1.82) is 0 Å². The Morgan fingerprint density at radius 1 is 1.53 bits per heavy atom. The standard InChI is InChI=1S/C12H23N3OS/c1-11(2)6-14-10(17-8-11)15-7-12(3,4)9(16)13-5/h6-8H2,1-5H3,(H,13,16)(H,14,15). The van der Waals surface area contributed by atoms with E-state index in [1.165, 1.54) is 0 Å². The Kier molecular flexibility index (Phi) is 4.47. The van der Waals surface area contributed by atoms with Crippen LogP contribution in [-0.2, 0) is 4.79 Å². The van der Waals surface area contributed by atoms with Crippen LogP contribution in [0.1, 0.15) is 27.7 Å². The molecule has 0 aliphatic carbocycles. The van der Waals surface area contributed by atoms with E-state index in [1.807, 2.05) is 13.8 Å². The molecule has 1 heterocycles. The number of hydrogen-bond acceptors (Lipinski definition) is 4. The highest BCUT2D eigenvalue weighted by Gasteiger charge is 2.28. The van der Waals surface area contributed by atoms with Crippen molar-refractivity contribution >= 4 is 22.8 Å². The van der Waals surface area contributed by atoms with E-state index >= 15 is 0 Å². The van der Waals surface area contributed by atoms with E-state index < -0.39 is 5.41 Å². The quantitative estimate of drug-likeness (QED) is 0.805. The summed E-state index contributed by atoms with van der Waals surface area (Å²) in [6.07, 6.45) is 0. The van der Waals surface area contributed by atoms with Crippen LogP contribution >= 0.6 is 11.8 Å². The molecule has 1 aliphatic rings. The van der Waals surface area contributed by atoms with Gasteiger partial charge >= 0.3 is 0 Å². The van der Waals surface area contributed by atoms with Crippen molar-refractivity contribution < 1.29 is 4.79 Å². The van der Waals surface area contributed by atoms with Gasteiger partial charge in [-0.1, -0.05) is 25.6 Å². The molecule has 0 aromatic rings. The van der Waals surface area contributed by atoms with Crippen molar-refractivity contribution in [2.24, 2.45) is 15.8 Å². The van der Waals surface area contributed by atoms with Crippen LogP contribution in [-0.4, -0.2) is 37.0 Å². The van der Waals surface area contributed by atoms with Crippen LogP contribution in [0.3, 0.4) is 0 Å². The molecule has 0 radical (unpaired) electrons. The fourth-order valence-electron chi connectivity index (χ4n) is 1.46. The normalized spacial score (nSPS) is 19.5. The first-order valence-electron chi connectivity index (χ1n) is 5.90. The molecular formula is C12H23N3OS. The van der Waals surface area contributed by atoms with Gasteiger partial charge in [-0.15, -0.1) is 0 Å². The van der Waals surface area contributed by atoms with E-state index in [1.54, 1.807) is 18.8 Å². The van der Waals surface area contributed by atoms with Crippen molar-refractivity contribution in [3.63, 3.8) is 0 Å². The number of aliphatic imine (C=N–C) groups is 1. The molecular weight excluding hydrogens is 234 g/mol. The fourth-order valence-corrected chi connectivity index (χ4v) is 2.41. The van der Waals surface area contributed by atoms with Crippen LogP contribution in [0, 0.1) is 10.8 Å². The molecule has 0 spiro atoms. The Hall–Kier alpha value is -0.710. The maximum Gasteiger partial charge on any atom is 0.227 e. The highest BCUT2D eigenvalue weighted by Crippen LogP contribution is 2.27. The second kappa shape index (κ2) is 5.29. The van der Waals surface area contributed by atoms with Gasteiger partial charge in [-0.3, -0.25) is 9.79 Å². The minimum Gasteiger partial charge on any atom is -0.364 e. The summed E-state index contributed by atoms with van der Waals surface area (Å²) in [6.45, 7) is 9.75. The topological polar surface area (TPSA) is 53.5 Å². The number of nitrogens with one attached hydrogen (secondary N) is 2. The second-order valence-electron chi connectivity index (χ2n) is 5.89. The van der Waals surface area contributed by atoms with Crippen molar-refractivity contribution in [3.8, 4) is 0 Å². The lowest BCUT2D eigenvalue weighted by Gasteiger charge is -2.29. The van der Waals surface area contributed by atoms with Gasteiger partial charge in [0.1, 0.15) is 0 Å². The molecule has 0 bridgehead atoms. The van der Waals surface area contributed by atoms with Gasteiger partial charge in [0.25, 0.3) is 0 Å². The molecule has 0 saturated carbocycles. The Balaban J connectivity index is 2.47. The summed E-state index contributed by atoms with van der Waals surface area (Å²) >= 11 is 1.74. The van der Waals surface area contributed by atoms with Crippen LogP contribution < -0.4 is 10.6 Å². The van der Waals surface area contributed by atoms with E-state index in [9.17, 15) is 4.79 Å². The highest BCUT2D eigenvalue weighted by atomic mass is 32.2. The molecule has 5 heteroatoms. The molecule has 4 nitrogen and oxygen atoms in total. The zero-order chi connectivity index (χ0) is 13.1. The number of carbonyl (C=O) groups excluding carboxylic acids is 1. The van der Waals surface area contributed by atoms with Crippen LogP contribution in [0.5, 0.6) is 0 Å². The average Bonchev–Trinajstić information content (AvgIpc) is 2.26. The van der Waals surface area contributed by atoms with Crippen molar-refractivity contribution in [2.45, 2.75) is 27.7 Å². The van der Waals surface area contributed by atoms with Gasteiger partial charge in [0.15, 0.2) is 5.17 Å². The minimum atomic E-state index is -0.412. The first kappa shape index (κ1) is 14.4. The largest absolute Gasteiger partial charge is 0.364 e. The minimum absolute atomic E-state index is 0.0479. The molecule has 0 unspecified atom stereocenters. The summed E-state index contributed by atoms with van der Waals surface area (Å²) in [6, 6.07) is 0. The summed E-state index contributed by atoms with van der Waals surface area (Å²) in [4.78, 5) is 16.1. The first-order valence-corrected chi connectivity index (χ1v) is 6.89. The number of amides is 1. The monoisotopic (exact) mass is 257 g/mol. The van der Waals surface area contributed by atoms with Gasteiger partial charge in [0, 0.05) is 25.9 Å². The SMILES string of the molecule is CNC(=O)C(C)(C)CNC1=NCC(C)(C)CS1. The first-order chi connectivity index (χ1) is 7.77. The third-order valence-corrected chi connectivity index (χ3v) is 4.25. The van der Waals surface area contributed by atoms with Crippen LogP contribution in [0.15, 0.2) is 4.99 Å². The van der Waals surface area contributed by atoms with E-state index in [-0.39, 0.29) is 11.3 Å². The average molecular weight is 257 g/mol. The van der Waals surface area contributed by atoms with Gasteiger partial charge in [0.05, 0.1) is 5.41 Å². The summed E-state index contributed by atoms with van der Waals surface area (Å²) < 4.78 is 0. The molecule has 0 aromatic carbocycles. The second-order valence-corrected chi connectivity index (χ2v) is 6.85. The third-order valence-electron chi connectivity index (χ3n) is 2.77. The third kappa shape index (κ3) is 4.22. The lowest BCUT2D eigenvalue weighted by molar-refractivity contribution is -0.128. The molecule has 0 fully saturated rings. The molecule has 0 atom stereocenters. The van der Waals surface area contributed by atoms with Gasteiger partial charge in [-0.2, -0.15) is 0 Å². The highest BCUT2D eigenvalue weighted by molar-refractivity contribution is 8.13. The molecule has 1 amide bonds. The van der Waals surface area contributed by atoms with Gasteiger partial charge < -0.3 is 10.6 Å². The smallest absolute Gasteiger partial charge is 0.227 e. The van der Waals surface area contributed by atoms with Crippen molar-refractivity contribution in [3.05, 3.63) is 0 Å². The number of amidine groups is 1. The molecule has 17 heavy (non-hydrogen) atoms. The zero-order valence-electron chi connectivity index (χ0n) is 11.4. The van der Waals surface area contributed by atoms with Gasteiger partial charge in [-0.05, 0) is 19.3 Å². The predicted octanol–water partition coefficient (Wildman–Crippen LogP) is 1.48. The van der Waals surface area contributed by atoms with Gasteiger partial charge in [0.2, 0.25) is 5.91 Å². The summed E-state index contributed by atoms with van der Waals surface area (Å²) in [7, 11) is 1.67. The number of carbonyl (C=O) groups is 1. The zero-order valence-corrected chi connectivity index (χ0v) is 12.2. The van der Waals surface area contributed by atoms with Crippen molar-refractivity contribution in [1.82, 2.24) is 10.6 Å². The molecule has 2 N–H and O–H groups in total. The van der Waals surface area contributed by atoms with E-state index in [0.717, 1.165) is 17.5 Å². The van der Waals surface area contributed by atoms with E-state index in [4.69, 9.17) is 0 Å². The molecule has 0 saturated heterocycles. The number of nitrogens with zero attached hydrogens (tertiary/aromatic N) is 1. The molecule has 98 valence electrons. The molecule has 0 aromatic heterocycles. The molecule has 1 aliphatic heterocycles. The summed E-state index contributed by atoms with van der Waals surface area (Å²) in [5.41, 5.74) is -0.128. The number of thioether (sulfide) groups is 1. The number of hydrogen-bond donors (Lipinski definition) is 2.